The maximum absolute atomic E-state index is 12.4. The van der Waals surface area contributed by atoms with Crippen LogP contribution in [0.3, 0.4) is 0 Å². The van der Waals surface area contributed by atoms with E-state index in [0.717, 1.165) is 29.9 Å². The zero-order chi connectivity index (χ0) is 19.4. The highest BCUT2D eigenvalue weighted by atomic mass is 32.2. The number of amides is 2. The molecule has 1 heterocycles. The number of carbonyl (C=O) groups excluding carboxylic acids is 2. The lowest BCUT2D eigenvalue weighted by Gasteiger charge is -2.13. The average Bonchev–Trinajstić information content (AvgIpc) is 3.39. The average molecular weight is 388 g/mol. The van der Waals surface area contributed by atoms with Crippen LogP contribution in [0.1, 0.15) is 56.3 Å². The smallest absolute Gasteiger partial charge is 0.234 e. The van der Waals surface area contributed by atoms with Crippen molar-refractivity contribution in [3.8, 4) is 0 Å². The number of anilines is 1. The quantitative estimate of drug-likeness (QED) is 0.644. The Labute approximate surface area is 163 Å². The van der Waals surface area contributed by atoms with Crippen LogP contribution in [-0.2, 0) is 16.1 Å². The van der Waals surface area contributed by atoms with Crippen LogP contribution in [-0.4, -0.2) is 32.3 Å². The molecule has 27 heavy (non-hydrogen) atoms. The molecule has 3 rings (SSSR count). The van der Waals surface area contributed by atoms with Crippen LogP contribution in [0.25, 0.3) is 0 Å². The summed E-state index contributed by atoms with van der Waals surface area (Å²) in [7, 11) is 0. The molecule has 0 saturated heterocycles. The first-order chi connectivity index (χ1) is 13.0. The van der Waals surface area contributed by atoms with Gasteiger partial charge < -0.3 is 15.6 Å². The molecule has 8 heteroatoms. The molecule has 1 aromatic heterocycles. The molecule has 0 unspecified atom stereocenters. The van der Waals surface area contributed by atoms with Crippen molar-refractivity contribution in [3.05, 3.63) is 35.7 Å². The van der Waals surface area contributed by atoms with Gasteiger partial charge in [-0.3, -0.25) is 9.59 Å². The van der Waals surface area contributed by atoms with Crippen LogP contribution >= 0.6 is 11.8 Å². The van der Waals surface area contributed by atoms with E-state index in [1.807, 2.05) is 28.8 Å². The molecule has 0 radical (unpaired) electrons. The lowest BCUT2D eigenvalue weighted by molar-refractivity contribution is -0.118. The van der Waals surface area contributed by atoms with Crippen molar-refractivity contribution in [3.63, 3.8) is 0 Å². The molecule has 1 aliphatic carbocycles. The lowest BCUT2D eigenvalue weighted by atomic mass is 10.0. The summed E-state index contributed by atoms with van der Waals surface area (Å²) in [4.78, 5) is 23.6. The van der Waals surface area contributed by atoms with Crippen molar-refractivity contribution in [1.29, 1.82) is 0 Å². The number of primary amides is 1. The van der Waals surface area contributed by atoms with Crippen molar-refractivity contribution < 1.29 is 9.59 Å². The van der Waals surface area contributed by atoms with E-state index >= 15 is 0 Å². The van der Waals surface area contributed by atoms with E-state index in [4.69, 9.17) is 5.73 Å². The van der Waals surface area contributed by atoms with Crippen LogP contribution in [0.15, 0.2) is 29.4 Å². The minimum absolute atomic E-state index is 0.0921. The summed E-state index contributed by atoms with van der Waals surface area (Å²) in [5.74, 6) is 1.41. The molecule has 2 aromatic rings. The van der Waals surface area contributed by atoms with E-state index in [0.29, 0.717) is 23.5 Å². The summed E-state index contributed by atoms with van der Waals surface area (Å²) in [6.45, 7) is 4.65. The van der Waals surface area contributed by atoms with Crippen LogP contribution in [0, 0.1) is 0 Å². The lowest BCUT2D eigenvalue weighted by Crippen LogP contribution is -2.17. The summed E-state index contributed by atoms with van der Waals surface area (Å²) in [5, 5.41) is 12.1. The standard InChI is InChI=1S/C19H25N5O2S/c1-12(2)14-5-3-4-6-15(14)21-17(26)11-27-19-23-22-18(13-7-8-13)24(19)10-9-16(20)25/h3-6,12-13H,7-11H2,1-2H3,(H2,20,25)(H,21,26). The summed E-state index contributed by atoms with van der Waals surface area (Å²) in [5.41, 5.74) is 7.23. The van der Waals surface area contributed by atoms with E-state index < -0.39 is 0 Å². The molecule has 0 aliphatic heterocycles. The second-order valence-corrected chi connectivity index (χ2v) is 8.00. The van der Waals surface area contributed by atoms with Crippen LogP contribution in [0.4, 0.5) is 5.69 Å². The van der Waals surface area contributed by atoms with Crippen LogP contribution in [0.2, 0.25) is 0 Å². The Morgan fingerprint density at radius 1 is 1.30 bits per heavy atom. The highest BCUT2D eigenvalue weighted by molar-refractivity contribution is 7.99. The van der Waals surface area contributed by atoms with Crippen molar-refractivity contribution in [2.45, 2.75) is 56.6 Å². The Balaban J connectivity index is 1.64. The van der Waals surface area contributed by atoms with Gasteiger partial charge in [-0.1, -0.05) is 43.8 Å². The zero-order valence-corrected chi connectivity index (χ0v) is 16.5. The van der Waals surface area contributed by atoms with Crippen LogP contribution < -0.4 is 11.1 Å². The predicted octanol–water partition coefficient (Wildman–Crippen LogP) is 2.89. The number of thioether (sulfide) groups is 1. The van der Waals surface area contributed by atoms with E-state index in [9.17, 15) is 9.59 Å². The molecular weight excluding hydrogens is 362 g/mol. The second kappa shape index (κ2) is 8.56. The largest absolute Gasteiger partial charge is 0.370 e. The van der Waals surface area contributed by atoms with E-state index in [-0.39, 0.29) is 24.0 Å². The first kappa shape index (κ1) is 19.4. The van der Waals surface area contributed by atoms with E-state index in [2.05, 4.69) is 29.4 Å². The summed E-state index contributed by atoms with van der Waals surface area (Å²) in [6, 6.07) is 7.83. The Morgan fingerprint density at radius 2 is 2.04 bits per heavy atom. The van der Waals surface area contributed by atoms with Crippen molar-refractivity contribution >= 4 is 29.3 Å². The molecule has 1 fully saturated rings. The Bertz CT molecular complexity index is 829. The van der Waals surface area contributed by atoms with Gasteiger partial charge in [-0.05, 0) is 30.4 Å². The molecule has 144 valence electrons. The fraction of sp³-hybridized carbons (Fsp3) is 0.474. The van der Waals surface area contributed by atoms with E-state index in [1.165, 1.54) is 11.8 Å². The van der Waals surface area contributed by atoms with Gasteiger partial charge in [-0.2, -0.15) is 0 Å². The minimum Gasteiger partial charge on any atom is -0.370 e. The summed E-state index contributed by atoms with van der Waals surface area (Å²) in [6.07, 6.45) is 2.41. The maximum Gasteiger partial charge on any atom is 0.234 e. The number of hydrogen-bond donors (Lipinski definition) is 2. The molecule has 0 atom stereocenters. The van der Waals surface area contributed by atoms with Crippen LogP contribution in [0.5, 0.6) is 0 Å². The first-order valence-electron chi connectivity index (χ1n) is 9.18. The Hall–Kier alpha value is -2.35. The highest BCUT2D eigenvalue weighted by Gasteiger charge is 2.30. The van der Waals surface area contributed by atoms with Gasteiger partial charge in [-0.15, -0.1) is 10.2 Å². The fourth-order valence-corrected chi connectivity index (χ4v) is 3.68. The van der Waals surface area contributed by atoms with Gasteiger partial charge in [0.2, 0.25) is 11.8 Å². The minimum atomic E-state index is -0.357. The number of nitrogens with two attached hydrogens (primary N) is 1. The fourth-order valence-electron chi connectivity index (χ4n) is 2.91. The van der Waals surface area contributed by atoms with Gasteiger partial charge in [0.25, 0.3) is 0 Å². The molecule has 7 nitrogen and oxygen atoms in total. The molecule has 1 saturated carbocycles. The number of carbonyl (C=O) groups is 2. The van der Waals surface area contributed by atoms with Gasteiger partial charge >= 0.3 is 0 Å². The van der Waals surface area contributed by atoms with Gasteiger partial charge in [0.15, 0.2) is 5.16 Å². The Kier molecular flexibility index (Phi) is 6.15. The molecule has 1 aliphatic rings. The molecule has 2 amide bonds. The van der Waals surface area contributed by atoms with Gasteiger partial charge in [-0.25, -0.2) is 0 Å². The van der Waals surface area contributed by atoms with Crippen molar-refractivity contribution in [2.24, 2.45) is 5.73 Å². The number of aromatic nitrogens is 3. The SMILES string of the molecule is CC(C)c1ccccc1NC(=O)CSc1nnc(C2CC2)n1CCC(N)=O. The molecule has 3 N–H and O–H groups in total. The Morgan fingerprint density at radius 3 is 2.70 bits per heavy atom. The number of para-hydroxylation sites is 1. The highest BCUT2D eigenvalue weighted by Crippen LogP contribution is 2.40. The molecule has 0 bridgehead atoms. The third kappa shape index (κ3) is 5.09. The topological polar surface area (TPSA) is 103 Å². The number of nitrogens with one attached hydrogen (secondary N) is 1. The zero-order valence-electron chi connectivity index (χ0n) is 15.6. The third-order valence-corrected chi connectivity index (χ3v) is 5.43. The number of nitrogens with zero attached hydrogens (tertiary/aromatic N) is 3. The predicted molar refractivity (Wildman–Crippen MR) is 106 cm³/mol. The summed E-state index contributed by atoms with van der Waals surface area (Å²) < 4.78 is 1.93. The third-order valence-electron chi connectivity index (χ3n) is 4.46. The van der Waals surface area contributed by atoms with E-state index in [1.54, 1.807) is 0 Å². The number of benzene rings is 1. The monoisotopic (exact) mass is 387 g/mol. The van der Waals surface area contributed by atoms with Gasteiger partial charge in [0.1, 0.15) is 5.82 Å². The molecule has 0 spiro atoms. The maximum atomic E-state index is 12.4. The summed E-state index contributed by atoms with van der Waals surface area (Å²) >= 11 is 1.33. The van der Waals surface area contributed by atoms with Gasteiger partial charge in [0.05, 0.1) is 5.75 Å². The van der Waals surface area contributed by atoms with Gasteiger partial charge in [0, 0.05) is 24.6 Å². The number of hydrogen-bond acceptors (Lipinski definition) is 5. The second-order valence-electron chi connectivity index (χ2n) is 7.06. The molecular formula is C19H25N5O2S. The normalized spacial score (nSPS) is 13.7. The van der Waals surface area contributed by atoms with Crippen molar-refractivity contribution in [2.75, 3.05) is 11.1 Å². The first-order valence-corrected chi connectivity index (χ1v) is 10.2. The van der Waals surface area contributed by atoms with Crippen molar-refractivity contribution in [1.82, 2.24) is 14.8 Å². The number of rotatable bonds is 9. The molecule has 1 aromatic carbocycles.